The number of carbonyl (C=O) groups is 1. The molecule has 0 unspecified atom stereocenters. The summed E-state index contributed by atoms with van der Waals surface area (Å²) in [4.78, 5) is 21.7. The summed E-state index contributed by atoms with van der Waals surface area (Å²) >= 11 is 1.42. The third-order valence-electron chi connectivity index (χ3n) is 7.96. The molecule has 0 radical (unpaired) electrons. The summed E-state index contributed by atoms with van der Waals surface area (Å²) in [6.07, 6.45) is 3.70. The molecule has 0 spiro atoms. The molecule has 3 aromatic carbocycles. The molecule has 0 aromatic heterocycles. The largest absolute Gasteiger partial charge is 0.372 e. The van der Waals surface area contributed by atoms with Gasteiger partial charge in [0.25, 0.3) is 5.91 Å². The van der Waals surface area contributed by atoms with E-state index in [4.69, 9.17) is 0 Å². The van der Waals surface area contributed by atoms with Crippen molar-refractivity contribution in [3.05, 3.63) is 96.1 Å². The van der Waals surface area contributed by atoms with Gasteiger partial charge in [-0.2, -0.15) is 4.99 Å². The molecule has 1 amide bonds. The molecular formula is C31H33N3O3S2. The summed E-state index contributed by atoms with van der Waals surface area (Å²) in [7, 11) is -3.11. The number of hydrogen-bond donors (Lipinski definition) is 0. The number of hydrogen-bond acceptors (Lipinski definition) is 5. The second-order valence-electron chi connectivity index (χ2n) is 10.8. The molecule has 0 aliphatic carbocycles. The molecule has 39 heavy (non-hydrogen) atoms. The first-order chi connectivity index (χ1) is 18.9. The second kappa shape index (κ2) is 11.2. The number of benzene rings is 3. The molecule has 3 aliphatic rings. The molecule has 3 fully saturated rings. The van der Waals surface area contributed by atoms with Gasteiger partial charge in [0, 0.05) is 29.7 Å². The summed E-state index contributed by atoms with van der Waals surface area (Å²) in [6.45, 7) is 2.06. The van der Waals surface area contributed by atoms with Crippen LogP contribution >= 0.6 is 11.8 Å². The van der Waals surface area contributed by atoms with Crippen LogP contribution in [0.5, 0.6) is 0 Å². The fourth-order valence-corrected chi connectivity index (χ4v) is 9.88. The van der Waals surface area contributed by atoms with E-state index in [2.05, 4.69) is 64.5 Å². The molecule has 6 nitrogen and oxygen atoms in total. The number of amidine groups is 1. The van der Waals surface area contributed by atoms with Crippen LogP contribution < -0.4 is 9.80 Å². The van der Waals surface area contributed by atoms with Crippen molar-refractivity contribution >= 4 is 44.0 Å². The zero-order valence-electron chi connectivity index (χ0n) is 21.9. The lowest BCUT2D eigenvalue weighted by Gasteiger charge is -2.34. The van der Waals surface area contributed by atoms with Gasteiger partial charge in [-0.05, 0) is 60.6 Å². The van der Waals surface area contributed by atoms with Crippen LogP contribution in [0.3, 0.4) is 0 Å². The van der Waals surface area contributed by atoms with E-state index in [1.807, 2.05) is 35.2 Å². The van der Waals surface area contributed by atoms with E-state index in [0.29, 0.717) is 11.1 Å². The Labute approximate surface area is 235 Å². The van der Waals surface area contributed by atoms with Gasteiger partial charge in [-0.1, -0.05) is 72.4 Å². The summed E-state index contributed by atoms with van der Waals surface area (Å²) in [5, 5.41) is 0.497. The number of piperidine rings is 1. The lowest BCUT2D eigenvalue weighted by molar-refractivity contribution is -0.117. The maximum absolute atomic E-state index is 12.8. The highest BCUT2D eigenvalue weighted by Gasteiger charge is 2.49. The minimum Gasteiger partial charge on any atom is -0.372 e. The molecule has 0 saturated carbocycles. The van der Waals surface area contributed by atoms with Crippen LogP contribution in [0.2, 0.25) is 0 Å². The highest BCUT2D eigenvalue weighted by molar-refractivity contribution is 8.16. The number of amides is 1. The normalized spacial score (nSPS) is 23.7. The first-order valence-corrected chi connectivity index (χ1v) is 16.3. The van der Waals surface area contributed by atoms with Crippen LogP contribution in [0.4, 0.5) is 11.4 Å². The van der Waals surface area contributed by atoms with Crippen molar-refractivity contribution in [2.75, 3.05) is 34.4 Å². The van der Waals surface area contributed by atoms with Gasteiger partial charge < -0.3 is 9.80 Å². The van der Waals surface area contributed by atoms with Crippen LogP contribution in [0.15, 0.2) is 89.9 Å². The van der Waals surface area contributed by atoms with E-state index < -0.39 is 9.84 Å². The van der Waals surface area contributed by atoms with Crippen LogP contribution in [0.1, 0.15) is 24.0 Å². The predicted octanol–water partition coefficient (Wildman–Crippen LogP) is 4.99. The third-order valence-corrected chi connectivity index (χ3v) is 11.2. The number of nitrogens with zero attached hydrogens (tertiary/aromatic N) is 3. The molecule has 8 heteroatoms. The lowest BCUT2D eigenvalue weighted by atomic mass is 9.90. The quantitative estimate of drug-likeness (QED) is 0.424. The maximum atomic E-state index is 12.8. The Kier molecular flexibility index (Phi) is 7.49. The Bertz CT molecular complexity index is 1440. The minimum atomic E-state index is -3.11. The number of sulfone groups is 1. The van der Waals surface area contributed by atoms with Crippen molar-refractivity contribution < 1.29 is 13.2 Å². The van der Waals surface area contributed by atoms with E-state index in [0.717, 1.165) is 30.8 Å². The van der Waals surface area contributed by atoms with E-state index in [1.165, 1.54) is 35.9 Å². The zero-order valence-corrected chi connectivity index (χ0v) is 23.5. The predicted molar refractivity (Wildman–Crippen MR) is 160 cm³/mol. The number of fused-ring (bicyclic) bond motifs is 1. The SMILES string of the molecule is O=C(Cc1ccccc1)N=C1S[C@H]2CS(=O)(=O)C[C@H]2N1c1ccc(N2CCC(Cc3ccccc3)CC2)cc1. The Morgan fingerprint density at radius 1 is 0.821 bits per heavy atom. The van der Waals surface area contributed by atoms with Gasteiger partial charge in [-0.3, -0.25) is 4.79 Å². The van der Waals surface area contributed by atoms with Gasteiger partial charge in [0.05, 0.1) is 24.0 Å². The van der Waals surface area contributed by atoms with E-state index >= 15 is 0 Å². The number of carbonyl (C=O) groups excluding carboxylic acids is 1. The maximum Gasteiger partial charge on any atom is 0.252 e. The fraction of sp³-hybridized carbons (Fsp3) is 0.355. The minimum absolute atomic E-state index is 0.0905. The van der Waals surface area contributed by atoms with Crippen molar-refractivity contribution in [3.63, 3.8) is 0 Å². The molecule has 3 aromatic rings. The Morgan fingerprint density at radius 3 is 2.10 bits per heavy atom. The van der Waals surface area contributed by atoms with E-state index in [9.17, 15) is 13.2 Å². The molecule has 202 valence electrons. The molecule has 3 aliphatic heterocycles. The fourth-order valence-electron chi connectivity index (χ4n) is 5.95. The Hall–Kier alpha value is -3.10. The highest BCUT2D eigenvalue weighted by Crippen LogP contribution is 2.41. The van der Waals surface area contributed by atoms with Crippen molar-refractivity contribution in [2.45, 2.75) is 37.0 Å². The van der Waals surface area contributed by atoms with E-state index in [1.54, 1.807) is 0 Å². The van der Waals surface area contributed by atoms with Gasteiger partial charge in [-0.15, -0.1) is 0 Å². The van der Waals surface area contributed by atoms with Gasteiger partial charge >= 0.3 is 0 Å². The zero-order chi connectivity index (χ0) is 26.8. The van der Waals surface area contributed by atoms with Crippen molar-refractivity contribution in [1.29, 1.82) is 0 Å². The standard InChI is InChI=1S/C31H33N3O3S2/c35-30(20-24-9-5-2-6-10-24)32-31-34(28-21-39(36,37)22-29(28)38-31)27-13-11-26(12-14-27)33-17-15-25(16-18-33)19-23-7-3-1-4-8-23/h1-14,25,28-29H,15-22H2/t28-,29+/m1/s1. The van der Waals surface area contributed by atoms with Gasteiger partial charge in [0.15, 0.2) is 15.0 Å². The highest BCUT2D eigenvalue weighted by atomic mass is 32.2. The summed E-state index contributed by atoms with van der Waals surface area (Å²) in [5.41, 5.74) is 4.40. The van der Waals surface area contributed by atoms with Crippen LogP contribution in [-0.2, 0) is 27.5 Å². The molecular weight excluding hydrogens is 526 g/mol. The van der Waals surface area contributed by atoms with Gasteiger partial charge in [0.1, 0.15) is 0 Å². The van der Waals surface area contributed by atoms with Crippen molar-refractivity contribution in [2.24, 2.45) is 10.9 Å². The molecule has 0 bridgehead atoms. The third kappa shape index (κ3) is 6.07. The van der Waals surface area contributed by atoms with Crippen LogP contribution in [-0.4, -0.2) is 55.4 Å². The van der Waals surface area contributed by atoms with E-state index in [-0.39, 0.29) is 35.1 Å². The number of anilines is 2. The number of rotatable bonds is 6. The van der Waals surface area contributed by atoms with Gasteiger partial charge in [-0.25, -0.2) is 8.42 Å². The first-order valence-electron chi connectivity index (χ1n) is 13.6. The molecule has 3 heterocycles. The average molecular weight is 560 g/mol. The molecule has 6 rings (SSSR count). The smallest absolute Gasteiger partial charge is 0.252 e. The van der Waals surface area contributed by atoms with Crippen molar-refractivity contribution in [3.8, 4) is 0 Å². The van der Waals surface area contributed by atoms with Crippen LogP contribution in [0.25, 0.3) is 0 Å². The first kappa shape index (κ1) is 26.1. The summed E-state index contributed by atoms with van der Waals surface area (Å²) in [6, 6.07) is 28.5. The second-order valence-corrected chi connectivity index (χ2v) is 14.1. The van der Waals surface area contributed by atoms with Crippen LogP contribution in [0, 0.1) is 5.92 Å². The topological polar surface area (TPSA) is 70.0 Å². The monoisotopic (exact) mass is 559 g/mol. The average Bonchev–Trinajstić information content (AvgIpc) is 3.41. The Balaban J connectivity index is 1.16. The number of aliphatic imine (C=N–C) groups is 1. The molecule has 0 N–H and O–H groups in total. The summed E-state index contributed by atoms with van der Waals surface area (Å²) in [5.74, 6) is 0.707. The number of thioether (sulfide) groups is 1. The lowest BCUT2D eigenvalue weighted by Crippen LogP contribution is -2.38. The van der Waals surface area contributed by atoms with Crippen molar-refractivity contribution in [1.82, 2.24) is 0 Å². The van der Waals surface area contributed by atoms with Gasteiger partial charge in [0.2, 0.25) is 0 Å². The Morgan fingerprint density at radius 2 is 1.44 bits per heavy atom. The molecule has 2 atom stereocenters. The molecule has 3 saturated heterocycles. The summed E-state index contributed by atoms with van der Waals surface area (Å²) < 4.78 is 24.9.